The van der Waals surface area contributed by atoms with Crippen LogP contribution in [0.1, 0.15) is 0 Å². The molecule has 0 saturated carbocycles. The molecule has 0 aliphatic heterocycles. The Labute approximate surface area is 98.5 Å². The van der Waals surface area contributed by atoms with Crippen molar-refractivity contribution in [3.63, 3.8) is 0 Å². The fourth-order valence-corrected chi connectivity index (χ4v) is 0. The second-order valence-corrected chi connectivity index (χ2v) is 0.856. The van der Waals surface area contributed by atoms with Crippen molar-refractivity contribution in [1.82, 2.24) is 0 Å². The monoisotopic (exact) mass is 267 g/mol. The van der Waals surface area contributed by atoms with E-state index in [2.05, 4.69) is 12.6 Å². The number of hydrogen-bond donors (Lipinski definition) is 0. The maximum atomic E-state index is 9.38. The number of amides is 1. The average Bonchev–Trinajstić information content (AvgIpc) is 1.38. The molecule has 0 bridgehead atoms. The van der Waals surface area contributed by atoms with Gasteiger partial charge in [0.15, 0.2) is 0 Å². The molecule has 0 heterocycles. The van der Waals surface area contributed by atoms with Crippen LogP contribution in [0.5, 0.6) is 0 Å². The van der Waals surface area contributed by atoms with E-state index in [9.17, 15) is 4.79 Å². The van der Waals surface area contributed by atoms with Crippen molar-refractivity contribution in [2.24, 2.45) is 0 Å². The van der Waals surface area contributed by atoms with Crippen molar-refractivity contribution in [2.45, 2.75) is 0 Å². The number of carbonyl (C=O) groups excluding carboxylic acids is 1. The summed E-state index contributed by atoms with van der Waals surface area (Å²) in [6.45, 7) is 0. The first kappa shape index (κ1) is 16.0. The number of rotatable bonds is 1. The molecule has 1 amide bonds. The van der Waals surface area contributed by atoms with Gasteiger partial charge in [-0.3, -0.25) is 0 Å². The SMILES string of the molecule is [NH-]C(=O)C[S-].[Y].[Y]. The van der Waals surface area contributed by atoms with Gasteiger partial charge in [0.05, 0.1) is 0 Å². The molecule has 0 aromatic rings. The summed E-state index contributed by atoms with van der Waals surface area (Å²) in [5, 5.41) is 0. The molecule has 0 spiro atoms. The second-order valence-electron chi connectivity index (χ2n) is 0.568. The van der Waals surface area contributed by atoms with Crippen molar-refractivity contribution >= 4 is 18.5 Å². The minimum absolute atomic E-state index is 0. The molecule has 0 unspecified atom stereocenters. The summed E-state index contributed by atoms with van der Waals surface area (Å²) in [5.41, 5.74) is 6.08. The van der Waals surface area contributed by atoms with Gasteiger partial charge >= 0.3 is 0 Å². The van der Waals surface area contributed by atoms with Gasteiger partial charge in [-0.1, -0.05) is 0 Å². The van der Waals surface area contributed by atoms with Crippen LogP contribution in [0.25, 0.3) is 5.73 Å². The summed E-state index contributed by atoms with van der Waals surface area (Å²) in [5.74, 6) is -0.764. The molecule has 2 radical (unpaired) electrons. The van der Waals surface area contributed by atoms with E-state index in [-0.39, 0.29) is 71.2 Å². The molecular weight excluding hydrogens is 264 g/mol. The molecule has 2 nitrogen and oxygen atoms in total. The summed E-state index contributed by atoms with van der Waals surface area (Å²) in [4.78, 5) is 9.38. The molecular formula is C2H3NOSY2-2. The summed E-state index contributed by atoms with van der Waals surface area (Å²) in [6.07, 6.45) is 0. The quantitative estimate of drug-likeness (QED) is 0.632. The standard InChI is InChI=1S/C2H5NOS.2Y/c3-2(4)1-5;;/h1H2,(H3,3,4,5);;/p-2. The van der Waals surface area contributed by atoms with E-state index < -0.39 is 5.91 Å². The molecule has 7 heavy (non-hydrogen) atoms. The largest absolute Gasteiger partial charge is 0.787 e. The summed E-state index contributed by atoms with van der Waals surface area (Å²) < 4.78 is 0. The Kier molecular flexibility index (Phi) is 25.0. The van der Waals surface area contributed by atoms with Crippen LogP contribution < -0.4 is 0 Å². The average molecular weight is 267 g/mol. The predicted molar refractivity (Wildman–Crippen MR) is 21.6 cm³/mol. The van der Waals surface area contributed by atoms with Crippen molar-refractivity contribution in [3.8, 4) is 0 Å². The van der Waals surface area contributed by atoms with E-state index in [0.717, 1.165) is 0 Å². The summed E-state index contributed by atoms with van der Waals surface area (Å²) in [7, 11) is 0. The molecule has 36 valence electrons. The Hall–Kier alpha value is 2.03. The van der Waals surface area contributed by atoms with Crippen LogP contribution >= 0.6 is 0 Å². The molecule has 0 aliphatic carbocycles. The Morgan fingerprint density at radius 1 is 1.57 bits per heavy atom. The van der Waals surface area contributed by atoms with Crippen LogP contribution in [-0.4, -0.2) is 11.7 Å². The third-order valence-electron chi connectivity index (χ3n) is 0.131. The van der Waals surface area contributed by atoms with Gasteiger partial charge in [-0.25, -0.2) is 0 Å². The maximum absolute atomic E-state index is 9.38. The molecule has 5 heteroatoms. The zero-order valence-corrected chi connectivity index (χ0v) is 10.2. The van der Waals surface area contributed by atoms with Gasteiger partial charge in [-0.2, -0.15) is 0 Å². The zero-order valence-electron chi connectivity index (χ0n) is 3.68. The Balaban J connectivity index is -0.0000000800. The van der Waals surface area contributed by atoms with Gasteiger partial charge in [0.2, 0.25) is 0 Å². The fraction of sp³-hybridized carbons (Fsp3) is 0.500. The predicted octanol–water partition coefficient (Wildman–Crippen LogP) is 0.107. The van der Waals surface area contributed by atoms with E-state index in [0.29, 0.717) is 0 Å². The zero-order chi connectivity index (χ0) is 4.28. The number of nitrogens with one attached hydrogen (secondary N) is 1. The van der Waals surface area contributed by atoms with E-state index in [1.807, 2.05) is 0 Å². The van der Waals surface area contributed by atoms with Gasteiger partial charge in [-0.15, -0.1) is 5.75 Å². The first-order valence-electron chi connectivity index (χ1n) is 1.10. The summed E-state index contributed by atoms with van der Waals surface area (Å²) >= 11 is 4.14. The van der Waals surface area contributed by atoms with Gasteiger partial charge in [-0.05, 0) is 0 Å². The topological polar surface area (TPSA) is 40.9 Å². The molecule has 1 N–H and O–H groups in total. The molecule has 0 atom stereocenters. The molecule has 0 aromatic carbocycles. The maximum Gasteiger partial charge on any atom is 0.0246 e. The van der Waals surface area contributed by atoms with Crippen LogP contribution in [-0.2, 0) is 82.8 Å². The normalized spacial score (nSPS) is 5.29. The number of carbonyl (C=O) groups is 1. The molecule has 0 aliphatic rings. The van der Waals surface area contributed by atoms with E-state index in [4.69, 9.17) is 5.73 Å². The minimum atomic E-state index is -0.681. The molecule has 0 rings (SSSR count). The van der Waals surface area contributed by atoms with E-state index >= 15 is 0 Å². The first-order chi connectivity index (χ1) is 2.27. The molecule has 0 saturated heterocycles. The van der Waals surface area contributed by atoms with E-state index in [1.54, 1.807) is 0 Å². The minimum Gasteiger partial charge on any atom is -0.787 e. The Bertz CT molecular complexity index is 51.0. The smallest absolute Gasteiger partial charge is 0.0246 e. The van der Waals surface area contributed by atoms with E-state index in [1.165, 1.54) is 0 Å². The van der Waals surface area contributed by atoms with Crippen molar-refractivity contribution in [1.29, 1.82) is 0 Å². The molecule has 0 fully saturated rings. The van der Waals surface area contributed by atoms with Crippen molar-refractivity contribution < 1.29 is 70.2 Å². The fourth-order valence-electron chi connectivity index (χ4n) is 0. The van der Waals surface area contributed by atoms with Crippen LogP contribution in [0, 0.1) is 0 Å². The second kappa shape index (κ2) is 10.9. The van der Waals surface area contributed by atoms with Gasteiger partial charge in [0.25, 0.3) is 0 Å². The summed E-state index contributed by atoms with van der Waals surface area (Å²) in [6, 6.07) is 0. The van der Waals surface area contributed by atoms with Gasteiger partial charge < -0.3 is 23.2 Å². The van der Waals surface area contributed by atoms with Gasteiger partial charge in [0.1, 0.15) is 0 Å². The third kappa shape index (κ3) is 18.0. The third-order valence-corrected chi connectivity index (χ3v) is 0.393. The van der Waals surface area contributed by atoms with Crippen LogP contribution in [0.3, 0.4) is 0 Å². The van der Waals surface area contributed by atoms with Crippen molar-refractivity contribution in [3.05, 3.63) is 5.73 Å². The number of hydrogen-bond acceptors (Lipinski definition) is 2. The first-order valence-corrected chi connectivity index (χ1v) is 1.67. The molecule has 0 aromatic heterocycles. The van der Waals surface area contributed by atoms with Crippen LogP contribution in [0.15, 0.2) is 0 Å². The van der Waals surface area contributed by atoms with Gasteiger partial charge in [0, 0.05) is 71.3 Å². The van der Waals surface area contributed by atoms with Crippen molar-refractivity contribution in [2.75, 3.05) is 5.75 Å². The Morgan fingerprint density at radius 2 is 1.71 bits per heavy atom. The van der Waals surface area contributed by atoms with Crippen LogP contribution in [0.4, 0.5) is 0 Å². The Morgan fingerprint density at radius 3 is 1.71 bits per heavy atom. The van der Waals surface area contributed by atoms with Crippen LogP contribution in [0.2, 0.25) is 0 Å².